The molecule has 0 spiro atoms. The number of likely N-dealkylation sites (tertiary alicyclic amines) is 1. The second-order valence-corrected chi connectivity index (χ2v) is 11.2. The van der Waals surface area contributed by atoms with Crippen LogP contribution in [0.1, 0.15) is 69.2 Å². The van der Waals surface area contributed by atoms with Gasteiger partial charge in [0, 0.05) is 56.8 Å². The number of fused-ring (bicyclic) bond motifs is 1. The smallest absolute Gasteiger partial charge is 0.224 e. The molecule has 3 heterocycles. The Kier molecular flexibility index (Phi) is 8.65. The lowest BCUT2D eigenvalue weighted by atomic mass is 9.96. The average molecular weight is 518 g/mol. The van der Waals surface area contributed by atoms with Gasteiger partial charge in [0.2, 0.25) is 5.91 Å². The van der Waals surface area contributed by atoms with Crippen molar-refractivity contribution in [2.45, 2.75) is 82.9 Å². The number of anilines is 1. The molecule has 0 radical (unpaired) electrons. The van der Waals surface area contributed by atoms with Crippen LogP contribution in [0.25, 0.3) is 11.0 Å². The predicted molar refractivity (Wildman–Crippen MR) is 153 cm³/mol. The first-order chi connectivity index (χ1) is 18.5. The standard InChI is InChI=1S/C31H43N5O2/c1-2-3-17-36-29-9-5-4-8-28(29)33-31(36)24-7-6-16-35(22-24)30(38)21-25(32)20-23-10-12-26(13-11-23)34-18-14-27(37)15-19-34/h4-5,8-13,24-25,27,37H,2-3,6-7,14-22,32H2,1H3/t24-,25-/m1/s1. The van der Waals surface area contributed by atoms with Gasteiger partial charge in [0.15, 0.2) is 0 Å². The maximum atomic E-state index is 13.3. The van der Waals surface area contributed by atoms with E-state index in [2.05, 4.69) is 58.9 Å². The highest BCUT2D eigenvalue weighted by molar-refractivity contribution is 5.78. The summed E-state index contributed by atoms with van der Waals surface area (Å²) < 4.78 is 2.39. The second-order valence-electron chi connectivity index (χ2n) is 11.2. The maximum absolute atomic E-state index is 13.3. The van der Waals surface area contributed by atoms with E-state index >= 15 is 0 Å². The quantitative estimate of drug-likeness (QED) is 0.438. The van der Waals surface area contributed by atoms with Crippen molar-refractivity contribution >= 4 is 22.6 Å². The van der Waals surface area contributed by atoms with Crippen LogP contribution >= 0.6 is 0 Å². The van der Waals surface area contributed by atoms with Gasteiger partial charge in [0.05, 0.1) is 17.1 Å². The summed E-state index contributed by atoms with van der Waals surface area (Å²) in [4.78, 5) is 22.7. The predicted octanol–water partition coefficient (Wildman–Crippen LogP) is 4.46. The van der Waals surface area contributed by atoms with Gasteiger partial charge >= 0.3 is 0 Å². The Morgan fingerprint density at radius 1 is 1.08 bits per heavy atom. The number of imidazole rings is 1. The summed E-state index contributed by atoms with van der Waals surface area (Å²) in [5.74, 6) is 1.54. The van der Waals surface area contributed by atoms with Crippen LogP contribution in [-0.4, -0.2) is 63.8 Å². The molecule has 0 bridgehead atoms. The molecule has 1 aromatic heterocycles. The van der Waals surface area contributed by atoms with Crippen LogP contribution in [0.4, 0.5) is 5.69 Å². The molecule has 7 nitrogen and oxygen atoms in total. The number of para-hydroxylation sites is 2. The zero-order chi connectivity index (χ0) is 26.5. The number of unbranched alkanes of at least 4 members (excludes halogenated alkanes) is 1. The van der Waals surface area contributed by atoms with Crippen LogP contribution in [0.3, 0.4) is 0 Å². The van der Waals surface area contributed by atoms with Crippen LogP contribution in [-0.2, 0) is 17.8 Å². The number of nitrogens with two attached hydrogens (primary N) is 1. The molecule has 2 atom stereocenters. The van der Waals surface area contributed by atoms with Crippen LogP contribution < -0.4 is 10.6 Å². The molecule has 0 saturated carbocycles. The van der Waals surface area contributed by atoms with Crippen LogP contribution in [0.15, 0.2) is 48.5 Å². The molecular formula is C31H43N5O2. The Bertz CT molecular complexity index is 1200. The molecule has 0 unspecified atom stereocenters. The number of amides is 1. The number of rotatable bonds is 9. The van der Waals surface area contributed by atoms with E-state index < -0.39 is 0 Å². The van der Waals surface area contributed by atoms with E-state index in [4.69, 9.17) is 10.7 Å². The molecule has 2 fully saturated rings. The number of aliphatic hydroxyl groups excluding tert-OH is 1. The van der Waals surface area contributed by atoms with Gasteiger partial charge in [0.1, 0.15) is 5.82 Å². The summed E-state index contributed by atoms with van der Waals surface area (Å²) in [6, 6.07) is 16.7. The van der Waals surface area contributed by atoms with Crippen molar-refractivity contribution in [3.8, 4) is 0 Å². The van der Waals surface area contributed by atoms with E-state index in [-0.39, 0.29) is 24.0 Å². The molecule has 7 heteroatoms. The van der Waals surface area contributed by atoms with E-state index in [0.717, 1.165) is 88.2 Å². The van der Waals surface area contributed by atoms with Gasteiger partial charge in [-0.3, -0.25) is 4.79 Å². The second kappa shape index (κ2) is 12.3. The number of hydrogen-bond acceptors (Lipinski definition) is 5. The molecule has 2 saturated heterocycles. The average Bonchev–Trinajstić information content (AvgIpc) is 3.31. The monoisotopic (exact) mass is 517 g/mol. The van der Waals surface area contributed by atoms with Crippen molar-refractivity contribution in [3.05, 3.63) is 59.9 Å². The van der Waals surface area contributed by atoms with Crippen molar-refractivity contribution in [3.63, 3.8) is 0 Å². The number of aliphatic hydroxyl groups is 1. The molecular weight excluding hydrogens is 474 g/mol. The number of aryl methyl sites for hydroxylation is 1. The molecule has 3 N–H and O–H groups in total. The molecule has 204 valence electrons. The molecule has 2 aliphatic rings. The lowest BCUT2D eigenvalue weighted by Gasteiger charge is -2.33. The van der Waals surface area contributed by atoms with Gasteiger partial charge in [-0.15, -0.1) is 0 Å². The Morgan fingerprint density at radius 2 is 1.84 bits per heavy atom. The zero-order valence-electron chi connectivity index (χ0n) is 22.8. The van der Waals surface area contributed by atoms with E-state index in [9.17, 15) is 9.90 Å². The molecule has 5 rings (SSSR count). The highest BCUT2D eigenvalue weighted by Crippen LogP contribution is 2.30. The summed E-state index contributed by atoms with van der Waals surface area (Å²) in [6.45, 7) is 6.50. The number of hydrogen-bond donors (Lipinski definition) is 2. The number of piperidine rings is 2. The van der Waals surface area contributed by atoms with Gasteiger partial charge in [-0.05, 0) is 68.4 Å². The Balaban J connectivity index is 1.18. The first-order valence-corrected chi connectivity index (χ1v) is 14.5. The minimum absolute atomic E-state index is 0.155. The fraction of sp³-hybridized carbons (Fsp3) is 0.548. The van der Waals surface area contributed by atoms with Crippen molar-refractivity contribution in [1.82, 2.24) is 14.5 Å². The number of benzene rings is 2. The number of carbonyl (C=O) groups is 1. The summed E-state index contributed by atoms with van der Waals surface area (Å²) in [5.41, 5.74) is 11.1. The molecule has 0 aliphatic carbocycles. The Hall–Kier alpha value is -2.90. The fourth-order valence-corrected chi connectivity index (χ4v) is 6.07. The highest BCUT2D eigenvalue weighted by Gasteiger charge is 2.29. The lowest BCUT2D eigenvalue weighted by molar-refractivity contribution is -0.132. The fourth-order valence-electron chi connectivity index (χ4n) is 6.07. The largest absolute Gasteiger partial charge is 0.393 e. The highest BCUT2D eigenvalue weighted by atomic mass is 16.3. The zero-order valence-corrected chi connectivity index (χ0v) is 22.8. The summed E-state index contributed by atoms with van der Waals surface area (Å²) >= 11 is 0. The van der Waals surface area contributed by atoms with Crippen LogP contribution in [0.5, 0.6) is 0 Å². The third-order valence-electron chi connectivity index (χ3n) is 8.26. The molecule has 2 aliphatic heterocycles. The van der Waals surface area contributed by atoms with Gasteiger partial charge in [-0.2, -0.15) is 0 Å². The minimum Gasteiger partial charge on any atom is -0.393 e. The van der Waals surface area contributed by atoms with Crippen molar-refractivity contribution in [2.24, 2.45) is 5.73 Å². The third-order valence-corrected chi connectivity index (χ3v) is 8.26. The molecule has 2 aromatic carbocycles. The lowest BCUT2D eigenvalue weighted by Crippen LogP contribution is -2.42. The van der Waals surface area contributed by atoms with Crippen LogP contribution in [0.2, 0.25) is 0 Å². The summed E-state index contributed by atoms with van der Waals surface area (Å²) in [7, 11) is 0. The van der Waals surface area contributed by atoms with Crippen LogP contribution in [0, 0.1) is 0 Å². The van der Waals surface area contributed by atoms with Crippen molar-refractivity contribution < 1.29 is 9.90 Å². The molecule has 3 aromatic rings. The topological polar surface area (TPSA) is 87.6 Å². The number of carbonyl (C=O) groups excluding carboxylic acids is 1. The van der Waals surface area contributed by atoms with Crippen molar-refractivity contribution in [2.75, 3.05) is 31.1 Å². The van der Waals surface area contributed by atoms with E-state index in [1.165, 1.54) is 11.2 Å². The van der Waals surface area contributed by atoms with E-state index in [0.29, 0.717) is 12.8 Å². The number of aromatic nitrogens is 2. The minimum atomic E-state index is -0.201. The Morgan fingerprint density at radius 3 is 2.61 bits per heavy atom. The van der Waals surface area contributed by atoms with Crippen molar-refractivity contribution in [1.29, 1.82) is 0 Å². The molecule has 38 heavy (non-hydrogen) atoms. The Labute approximate surface area is 226 Å². The molecule has 1 amide bonds. The van der Waals surface area contributed by atoms with Gasteiger partial charge in [0.25, 0.3) is 0 Å². The van der Waals surface area contributed by atoms with E-state index in [1.807, 2.05) is 11.0 Å². The maximum Gasteiger partial charge on any atom is 0.224 e. The van der Waals surface area contributed by atoms with Gasteiger partial charge < -0.3 is 25.2 Å². The SMILES string of the molecule is CCCCn1c([C@@H]2CCCN(C(=O)C[C@H](N)Cc3ccc(N4CCC(O)CC4)cc3)C2)nc2ccccc21. The number of nitrogens with zero attached hydrogens (tertiary/aromatic N) is 4. The van der Waals surface area contributed by atoms with Gasteiger partial charge in [-0.1, -0.05) is 37.6 Å². The first kappa shape index (κ1) is 26.7. The van der Waals surface area contributed by atoms with Gasteiger partial charge in [-0.25, -0.2) is 4.98 Å². The third kappa shape index (κ3) is 6.21. The first-order valence-electron chi connectivity index (χ1n) is 14.5. The summed E-state index contributed by atoms with van der Waals surface area (Å²) in [5, 5.41) is 9.75. The van der Waals surface area contributed by atoms with E-state index in [1.54, 1.807) is 0 Å². The summed E-state index contributed by atoms with van der Waals surface area (Å²) in [6.07, 6.45) is 6.86. The normalized spacial score (nSPS) is 19.7.